The van der Waals surface area contributed by atoms with Crippen molar-refractivity contribution >= 4 is 11.9 Å². The Bertz CT molecular complexity index is 826. The maximum atomic E-state index is 11.6. The first-order chi connectivity index (χ1) is 12.0. The largest absolute Gasteiger partial charge is 0.454 e. The average Bonchev–Trinajstić information content (AvgIpc) is 2.60. The number of carbonyl (C=O) groups is 2. The van der Waals surface area contributed by atoms with Crippen LogP contribution in [0.1, 0.15) is 12.0 Å². The molecule has 0 aliphatic rings. The summed E-state index contributed by atoms with van der Waals surface area (Å²) in [5.74, 6) is -1.15. The first-order valence-electron chi connectivity index (χ1n) is 7.80. The number of hydrogen-bond donors (Lipinski definition) is 2. The molecule has 0 saturated heterocycles. The molecule has 132 valence electrons. The van der Waals surface area contributed by atoms with Gasteiger partial charge in [0.05, 0.1) is 0 Å². The van der Waals surface area contributed by atoms with Crippen LogP contribution in [0.2, 0.25) is 0 Å². The minimum atomic E-state index is -0.742. The predicted octanol–water partition coefficient (Wildman–Crippen LogP) is -0.171. The second kappa shape index (κ2) is 9.21. The van der Waals surface area contributed by atoms with E-state index < -0.39 is 29.7 Å². The van der Waals surface area contributed by atoms with Crippen LogP contribution in [0.5, 0.6) is 0 Å². The van der Waals surface area contributed by atoms with Crippen molar-refractivity contribution in [2.45, 2.75) is 19.4 Å². The van der Waals surface area contributed by atoms with Crippen molar-refractivity contribution in [1.82, 2.24) is 14.9 Å². The summed E-state index contributed by atoms with van der Waals surface area (Å²) in [6.45, 7) is -0.316. The molecule has 8 heteroatoms. The first kappa shape index (κ1) is 18.2. The molecule has 1 heterocycles. The van der Waals surface area contributed by atoms with Crippen LogP contribution in [0.15, 0.2) is 52.2 Å². The van der Waals surface area contributed by atoms with Crippen molar-refractivity contribution in [2.75, 3.05) is 13.2 Å². The molecule has 1 aromatic heterocycles. The van der Waals surface area contributed by atoms with Gasteiger partial charge < -0.3 is 10.1 Å². The Morgan fingerprint density at radius 3 is 2.60 bits per heavy atom. The minimum absolute atomic E-state index is 0.378. The SMILES string of the molecule is O=C(COC(=O)Cn1ccc(=O)[nH]c1=O)NCCCc1ccccc1. The van der Waals surface area contributed by atoms with Crippen molar-refractivity contribution in [3.05, 3.63) is 69.0 Å². The highest BCUT2D eigenvalue weighted by molar-refractivity contribution is 5.80. The number of aryl methyl sites for hydroxylation is 1. The number of H-pyrrole nitrogens is 1. The molecule has 0 unspecified atom stereocenters. The number of esters is 1. The Morgan fingerprint density at radius 2 is 1.88 bits per heavy atom. The fourth-order valence-electron chi connectivity index (χ4n) is 2.12. The van der Waals surface area contributed by atoms with Gasteiger partial charge in [0.15, 0.2) is 6.61 Å². The predicted molar refractivity (Wildman–Crippen MR) is 90.1 cm³/mol. The van der Waals surface area contributed by atoms with E-state index in [4.69, 9.17) is 4.74 Å². The lowest BCUT2D eigenvalue weighted by Gasteiger charge is -2.07. The third-order valence-corrected chi connectivity index (χ3v) is 3.37. The first-order valence-corrected chi connectivity index (χ1v) is 7.80. The van der Waals surface area contributed by atoms with Crippen molar-refractivity contribution < 1.29 is 14.3 Å². The monoisotopic (exact) mass is 345 g/mol. The van der Waals surface area contributed by atoms with Crippen LogP contribution in [0.4, 0.5) is 0 Å². The molecule has 1 amide bonds. The van der Waals surface area contributed by atoms with Crippen LogP contribution >= 0.6 is 0 Å². The van der Waals surface area contributed by atoms with Crippen molar-refractivity contribution in [2.24, 2.45) is 0 Å². The Labute approximate surface area is 143 Å². The van der Waals surface area contributed by atoms with E-state index in [0.717, 1.165) is 23.5 Å². The zero-order valence-electron chi connectivity index (χ0n) is 13.6. The number of aromatic nitrogens is 2. The van der Waals surface area contributed by atoms with E-state index in [-0.39, 0.29) is 6.54 Å². The zero-order chi connectivity index (χ0) is 18.1. The number of amides is 1. The molecule has 0 saturated carbocycles. The number of hydrogen-bond acceptors (Lipinski definition) is 5. The van der Waals surface area contributed by atoms with Gasteiger partial charge in [0.1, 0.15) is 6.54 Å². The van der Waals surface area contributed by atoms with E-state index in [2.05, 4.69) is 5.32 Å². The summed E-state index contributed by atoms with van der Waals surface area (Å²) in [6.07, 6.45) is 2.80. The van der Waals surface area contributed by atoms with E-state index in [1.807, 2.05) is 35.3 Å². The lowest BCUT2D eigenvalue weighted by atomic mass is 10.1. The molecular weight excluding hydrogens is 326 g/mol. The Hall–Kier alpha value is -3.16. The van der Waals surface area contributed by atoms with Crippen molar-refractivity contribution in [3.8, 4) is 0 Å². The maximum absolute atomic E-state index is 11.6. The molecule has 2 N–H and O–H groups in total. The number of benzene rings is 1. The fourth-order valence-corrected chi connectivity index (χ4v) is 2.12. The van der Waals surface area contributed by atoms with Gasteiger partial charge in [0, 0.05) is 18.8 Å². The topological polar surface area (TPSA) is 110 Å². The summed E-state index contributed by atoms with van der Waals surface area (Å²) in [4.78, 5) is 47.6. The molecule has 0 bridgehead atoms. The van der Waals surface area contributed by atoms with Crippen LogP contribution in [0.25, 0.3) is 0 Å². The molecule has 1 aromatic carbocycles. The van der Waals surface area contributed by atoms with E-state index in [0.29, 0.717) is 6.54 Å². The van der Waals surface area contributed by atoms with Crippen LogP contribution < -0.4 is 16.6 Å². The summed E-state index contributed by atoms with van der Waals surface area (Å²) in [5.41, 5.74) is -0.0752. The van der Waals surface area contributed by atoms with Gasteiger partial charge >= 0.3 is 11.7 Å². The second-order valence-electron chi connectivity index (χ2n) is 5.34. The molecule has 0 fully saturated rings. The third-order valence-electron chi connectivity index (χ3n) is 3.37. The molecule has 0 aliphatic carbocycles. The van der Waals surface area contributed by atoms with Crippen LogP contribution in [0.3, 0.4) is 0 Å². The van der Waals surface area contributed by atoms with Gasteiger partial charge in [-0.1, -0.05) is 30.3 Å². The molecular formula is C17H19N3O5. The number of ether oxygens (including phenoxy) is 1. The fraction of sp³-hybridized carbons (Fsp3) is 0.294. The molecule has 2 aromatic rings. The summed E-state index contributed by atoms with van der Waals surface area (Å²) < 4.78 is 5.79. The summed E-state index contributed by atoms with van der Waals surface area (Å²) in [5, 5.41) is 2.66. The van der Waals surface area contributed by atoms with E-state index in [1.165, 1.54) is 11.8 Å². The van der Waals surface area contributed by atoms with E-state index >= 15 is 0 Å². The van der Waals surface area contributed by atoms with Gasteiger partial charge in [-0.15, -0.1) is 0 Å². The zero-order valence-corrected chi connectivity index (χ0v) is 13.6. The van der Waals surface area contributed by atoms with Crippen molar-refractivity contribution in [1.29, 1.82) is 0 Å². The highest BCUT2D eigenvalue weighted by Crippen LogP contribution is 2.01. The summed E-state index contributed by atoms with van der Waals surface area (Å²) in [6, 6.07) is 11.0. The molecule has 25 heavy (non-hydrogen) atoms. The van der Waals surface area contributed by atoms with Crippen LogP contribution in [-0.2, 0) is 27.3 Å². The standard InChI is InChI=1S/C17H19N3O5/c21-14-8-10-20(17(24)19-14)11-16(23)25-12-15(22)18-9-4-7-13-5-2-1-3-6-13/h1-3,5-6,8,10H,4,7,9,11-12H2,(H,18,22)(H,19,21,24). The normalized spacial score (nSPS) is 10.2. The number of nitrogens with zero attached hydrogens (tertiary/aromatic N) is 1. The lowest BCUT2D eigenvalue weighted by Crippen LogP contribution is -2.33. The quantitative estimate of drug-likeness (QED) is 0.510. The van der Waals surface area contributed by atoms with Gasteiger partial charge in [-0.25, -0.2) is 4.79 Å². The molecule has 2 rings (SSSR count). The molecule has 0 radical (unpaired) electrons. The Balaban J connectivity index is 1.64. The molecule has 8 nitrogen and oxygen atoms in total. The molecule has 0 spiro atoms. The Kier molecular flexibility index (Phi) is 6.70. The molecule has 0 atom stereocenters. The smallest absolute Gasteiger partial charge is 0.328 e. The number of nitrogens with one attached hydrogen (secondary N) is 2. The second-order valence-corrected chi connectivity index (χ2v) is 5.34. The van der Waals surface area contributed by atoms with Gasteiger partial charge in [-0.2, -0.15) is 0 Å². The van der Waals surface area contributed by atoms with Gasteiger partial charge in [0.2, 0.25) is 0 Å². The van der Waals surface area contributed by atoms with Gasteiger partial charge in [-0.05, 0) is 18.4 Å². The number of rotatable bonds is 8. The maximum Gasteiger partial charge on any atom is 0.328 e. The highest BCUT2D eigenvalue weighted by Gasteiger charge is 2.09. The van der Waals surface area contributed by atoms with E-state index in [9.17, 15) is 19.2 Å². The Morgan fingerprint density at radius 1 is 1.12 bits per heavy atom. The minimum Gasteiger partial charge on any atom is -0.454 e. The van der Waals surface area contributed by atoms with Crippen molar-refractivity contribution in [3.63, 3.8) is 0 Å². The van der Waals surface area contributed by atoms with E-state index in [1.54, 1.807) is 0 Å². The average molecular weight is 345 g/mol. The number of aromatic amines is 1. The van der Waals surface area contributed by atoms with Crippen LogP contribution in [0, 0.1) is 0 Å². The van der Waals surface area contributed by atoms with Gasteiger partial charge in [-0.3, -0.25) is 23.9 Å². The third kappa shape index (κ3) is 6.46. The number of carbonyl (C=O) groups excluding carboxylic acids is 2. The lowest BCUT2D eigenvalue weighted by molar-refractivity contribution is -0.149. The highest BCUT2D eigenvalue weighted by atomic mass is 16.5. The van der Waals surface area contributed by atoms with Gasteiger partial charge in [0.25, 0.3) is 11.5 Å². The summed E-state index contributed by atoms with van der Waals surface area (Å²) >= 11 is 0. The molecule has 0 aliphatic heterocycles. The van der Waals surface area contributed by atoms with Crippen LogP contribution in [-0.4, -0.2) is 34.6 Å². The summed E-state index contributed by atoms with van der Waals surface area (Å²) in [7, 11) is 0.